The molecule has 0 radical (unpaired) electrons. The van der Waals surface area contributed by atoms with Gasteiger partial charge < -0.3 is 8.85 Å². The lowest BCUT2D eigenvalue weighted by Gasteiger charge is -2.46. The van der Waals surface area contributed by atoms with Crippen molar-refractivity contribution in [2.45, 2.75) is 167 Å². The molecule has 6 atom stereocenters. The van der Waals surface area contributed by atoms with Crippen molar-refractivity contribution in [3.05, 3.63) is 65.3 Å². The normalized spacial score (nSPS) is 29.4. The molecule has 1 aromatic carbocycles. The molecule has 0 spiro atoms. The predicted molar refractivity (Wildman–Crippen MR) is 215 cm³/mol. The van der Waals surface area contributed by atoms with Crippen LogP contribution in [0.1, 0.15) is 112 Å². The predicted octanol–water partition coefficient (Wildman–Crippen LogP) is 11.9. The first-order chi connectivity index (χ1) is 22.9. The van der Waals surface area contributed by atoms with E-state index in [4.69, 9.17) is 13.0 Å². The maximum absolute atomic E-state index is 12.8. The number of benzene rings is 1. The van der Waals surface area contributed by atoms with Gasteiger partial charge in [-0.05, 0) is 135 Å². The summed E-state index contributed by atoms with van der Waals surface area (Å²) in [5.41, 5.74) is 5.24. The summed E-state index contributed by atoms with van der Waals surface area (Å²) >= 11 is 0. The van der Waals surface area contributed by atoms with Crippen molar-refractivity contribution in [2.24, 2.45) is 23.2 Å². The Morgan fingerprint density at radius 3 is 2.16 bits per heavy atom. The minimum absolute atomic E-state index is 0.0190. The van der Waals surface area contributed by atoms with Crippen molar-refractivity contribution in [1.82, 2.24) is 0 Å². The van der Waals surface area contributed by atoms with Crippen LogP contribution in [0.3, 0.4) is 0 Å². The van der Waals surface area contributed by atoms with Crippen LogP contribution in [0.4, 0.5) is 0 Å². The fourth-order valence-corrected chi connectivity index (χ4v) is 11.9. The van der Waals surface area contributed by atoms with Gasteiger partial charge in [-0.2, -0.15) is 8.42 Å². The Bertz CT molecular complexity index is 1530. The molecule has 5 nitrogen and oxygen atoms in total. The summed E-state index contributed by atoms with van der Waals surface area (Å²) in [5, 5.41) is 0.268. The molecule has 0 N–H and O–H groups in total. The SMILES string of the molecule is C=C1/C(=C\C=C2/CCC[C@]3(C)[C@@H](C(C)CCOS(=O)(=O)c4ccc(C)cc4)CC[C@@H]23)C[C@@H](O[Si](C)(C)C(C)(C)C)C[C@@H]1O[Si](C)(C)C(C)(C)C. The molecule has 0 saturated heterocycles. The highest BCUT2D eigenvalue weighted by Gasteiger charge is 2.51. The zero-order valence-electron chi connectivity index (χ0n) is 33.9. The molecule has 3 aliphatic rings. The lowest BCUT2D eigenvalue weighted by atomic mass is 9.61. The maximum atomic E-state index is 12.8. The molecule has 1 aromatic rings. The van der Waals surface area contributed by atoms with Crippen LogP contribution in [0.15, 0.2) is 64.6 Å². The second-order valence-corrected chi connectivity index (χ2v) is 30.3. The Morgan fingerprint density at radius 2 is 1.56 bits per heavy atom. The van der Waals surface area contributed by atoms with Crippen LogP contribution in [0, 0.1) is 30.1 Å². The van der Waals surface area contributed by atoms with E-state index < -0.39 is 26.8 Å². The molecule has 8 heteroatoms. The van der Waals surface area contributed by atoms with E-state index in [0.717, 1.165) is 36.8 Å². The van der Waals surface area contributed by atoms with Crippen LogP contribution >= 0.6 is 0 Å². The van der Waals surface area contributed by atoms with Gasteiger partial charge in [0.05, 0.1) is 23.7 Å². The van der Waals surface area contributed by atoms with Crippen molar-refractivity contribution < 1.29 is 21.5 Å². The third-order valence-electron chi connectivity index (χ3n) is 13.6. The van der Waals surface area contributed by atoms with Crippen molar-refractivity contribution in [1.29, 1.82) is 0 Å². The van der Waals surface area contributed by atoms with Crippen LogP contribution in [-0.4, -0.2) is 43.9 Å². The molecule has 0 aliphatic heterocycles. The monoisotopic (exact) mass is 742 g/mol. The third kappa shape index (κ3) is 9.25. The van der Waals surface area contributed by atoms with E-state index in [-0.39, 0.29) is 39.2 Å². The van der Waals surface area contributed by atoms with Crippen molar-refractivity contribution in [3.63, 3.8) is 0 Å². The highest BCUT2D eigenvalue weighted by Crippen LogP contribution is 2.60. The Hall–Kier alpha value is -1.30. The molecule has 282 valence electrons. The molecule has 3 fully saturated rings. The molecule has 0 amide bonds. The minimum atomic E-state index is -3.75. The molecular formula is C42H70O5SSi2. The van der Waals surface area contributed by atoms with Gasteiger partial charge in [-0.15, -0.1) is 0 Å². The van der Waals surface area contributed by atoms with Gasteiger partial charge in [0.15, 0.2) is 16.6 Å². The van der Waals surface area contributed by atoms with E-state index in [1.54, 1.807) is 17.7 Å². The fourth-order valence-electron chi connectivity index (χ4n) is 8.30. The van der Waals surface area contributed by atoms with Crippen LogP contribution in [0.25, 0.3) is 0 Å². The summed E-state index contributed by atoms with van der Waals surface area (Å²) in [6, 6.07) is 6.90. The van der Waals surface area contributed by atoms with Gasteiger partial charge in [0, 0.05) is 6.42 Å². The standard InChI is InChI=1S/C42H70O5SSi2/c1-30-17-21-36(22-18-30)48(43,44)45-27-25-31(2)37-23-24-38-33(16-15-26-42(37,38)10)19-20-34-28-35(46-49(11,12)40(4,5)6)29-39(32(34)3)47-50(13,14)41(7,8)9/h17-22,31,35,37-39H,3,15-16,23-29H2,1-2,4-14H3/b33-19+,34-20-/t31?,35-,37-,38+,39+,42-/m1/s1. The summed E-state index contributed by atoms with van der Waals surface area (Å²) in [4.78, 5) is 0.233. The molecule has 0 heterocycles. The minimum Gasteiger partial charge on any atom is -0.413 e. The highest BCUT2D eigenvalue weighted by molar-refractivity contribution is 7.86. The average Bonchev–Trinajstić information content (AvgIpc) is 3.34. The largest absolute Gasteiger partial charge is 0.413 e. The van der Waals surface area contributed by atoms with Crippen LogP contribution in [0.2, 0.25) is 36.3 Å². The number of aryl methyl sites for hydroxylation is 1. The van der Waals surface area contributed by atoms with Gasteiger partial charge in [0.1, 0.15) is 0 Å². The number of fused-ring (bicyclic) bond motifs is 1. The maximum Gasteiger partial charge on any atom is 0.296 e. The molecular weight excluding hydrogens is 673 g/mol. The van der Waals surface area contributed by atoms with Crippen molar-refractivity contribution in [3.8, 4) is 0 Å². The van der Waals surface area contributed by atoms with E-state index >= 15 is 0 Å². The summed E-state index contributed by atoms with van der Waals surface area (Å²) in [6.45, 7) is 35.0. The topological polar surface area (TPSA) is 61.8 Å². The van der Waals surface area contributed by atoms with Gasteiger partial charge >= 0.3 is 0 Å². The summed E-state index contributed by atoms with van der Waals surface area (Å²) in [6.07, 6.45) is 13.4. The lowest BCUT2D eigenvalue weighted by Crippen LogP contribution is -2.49. The molecule has 1 unspecified atom stereocenters. The summed E-state index contributed by atoms with van der Waals surface area (Å²) < 4.78 is 45.3. The second kappa shape index (κ2) is 15.2. The Balaban J connectivity index is 1.51. The number of hydrogen-bond acceptors (Lipinski definition) is 5. The first kappa shape index (κ1) is 41.5. The van der Waals surface area contributed by atoms with Gasteiger partial charge in [-0.1, -0.05) is 97.4 Å². The second-order valence-electron chi connectivity index (χ2n) is 19.2. The molecule has 0 bridgehead atoms. The zero-order chi connectivity index (χ0) is 37.5. The number of rotatable bonds is 11. The quantitative estimate of drug-likeness (QED) is 0.167. The van der Waals surface area contributed by atoms with E-state index in [9.17, 15) is 8.42 Å². The number of hydrogen-bond donors (Lipinski definition) is 0. The highest BCUT2D eigenvalue weighted by atomic mass is 32.2. The Morgan fingerprint density at radius 1 is 0.960 bits per heavy atom. The third-order valence-corrected chi connectivity index (χ3v) is 23.9. The van der Waals surface area contributed by atoms with Crippen molar-refractivity contribution in [2.75, 3.05) is 6.61 Å². The number of allylic oxidation sites excluding steroid dienone is 3. The smallest absolute Gasteiger partial charge is 0.296 e. The Labute approximate surface area is 309 Å². The molecule has 4 rings (SSSR count). The van der Waals surface area contributed by atoms with Crippen LogP contribution < -0.4 is 0 Å². The lowest BCUT2D eigenvalue weighted by molar-refractivity contribution is 0.0880. The zero-order valence-corrected chi connectivity index (χ0v) is 36.7. The van der Waals surface area contributed by atoms with Crippen LogP contribution in [0.5, 0.6) is 0 Å². The molecule has 3 aliphatic carbocycles. The Kier molecular flexibility index (Phi) is 12.6. The van der Waals surface area contributed by atoms with E-state index in [1.165, 1.54) is 31.3 Å². The molecule has 0 aromatic heterocycles. The summed E-state index contributed by atoms with van der Waals surface area (Å²) in [5.74, 6) is 1.48. The van der Waals surface area contributed by atoms with Gasteiger partial charge in [-0.25, -0.2) is 0 Å². The molecule has 50 heavy (non-hydrogen) atoms. The molecule has 3 saturated carbocycles. The summed E-state index contributed by atoms with van der Waals surface area (Å²) in [7, 11) is -7.73. The van der Waals surface area contributed by atoms with E-state index in [2.05, 4.69) is 100 Å². The van der Waals surface area contributed by atoms with E-state index in [0.29, 0.717) is 17.8 Å². The van der Waals surface area contributed by atoms with Crippen molar-refractivity contribution >= 4 is 26.8 Å². The first-order valence-corrected chi connectivity index (χ1v) is 26.5. The van der Waals surface area contributed by atoms with Crippen LogP contribution in [-0.2, 0) is 23.2 Å². The first-order valence-electron chi connectivity index (χ1n) is 19.3. The van der Waals surface area contributed by atoms with Gasteiger partial charge in [-0.3, -0.25) is 4.18 Å². The van der Waals surface area contributed by atoms with Gasteiger partial charge in [0.25, 0.3) is 10.1 Å². The van der Waals surface area contributed by atoms with E-state index in [1.807, 2.05) is 19.1 Å². The average molecular weight is 743 g/mol. The fraction of sp³-hybridized carbons (Fsp3) is 0.714. The van der Waals surface area contributed by atoms with Gasteiger partial charge in [0.2, 0.25) is 0 Å².